The summed E-state index contributed by atoms with van der Waals surface area (Å²) < 4.78 is 5.60. The Hall–Kier alpha value is -1.02. The second-order valence-corrected chi connectivity index (χ2v) is 5.56. The maximum absolute atomic E-state index is 5.60. The van der Waals surface area contributed by atoms with Crippen molar-refractivity contribution in [3.8, 4) is 5.75 Å². The van der Waals surface area contributed by atoms with Crippen molar-refractivity contribution in [2.24, 2.45) is 0 Å². The fraction of sp³-hybridized carbons (Fsp3) is 0.647. The second kappa shape index (κ2) is 8.21. The van der Waals surface area contributed by atoms with Crippen molar-refractivity contribution >= 4 is 0 Å². The minimum Gasteiger partial charge on any atom is -0.494 e. The van der Waals surface area contributed by atoms with Crippen molar-refractivity contribution in [1.29, 1.82) is 0 Å². The van der Waals surface area contributed by atoms with Crippen LogP contribution < -0.4 is 10.1 Å². The topological polar surface area (TPSA) is 21.3 Å². The first-order chi connectivity index (χ1) is 9.38. The Morgan fingerprint density at radius 1 is 1.05 bits per heavy atom. The summed E-state index contributed by atoms with van der Waals surface area (Å²) in [5.41, 5.74) is 1.35. The van der Waals surface area contributed by atoms with Crippen molar-refractivity contribution < 1.29 is 4.74 Å². The molecule has 106 valence electrons. The van der Waals surface area contributed by atoms with Crippen LogP contribution in [-0.4, -0.2) is 12.6 Å². The second-order valence-electron chi connectivity index (χ2n) is 5.56. The minimum absolute atomic E-state index is 0.721. The van der Waals surface area contributed by atoms with Gasteiger partial charge in [-0.15, -0.1) is 0 Å². The molecule has 1 aromatic carbocycles. The van der Waals surface area contributed by atoms with E-state index in [-0.39, 0.29) is 0 Å². The number of hydrogen-bond donors (Lipinski definition) is 1. The van der Waals surface area contributed by atoms with E-state index in [0.29, 0.717) is 0 Å². The van der Waals surface area contributed by atoms with E-state index in [4.69, 9.17) is 4.74 Å². The first-order valence-electron chi connectivity index (χ1n) is 7.83. The highest BCUT2D eigenvalue weighted by Crippen LogP contribution is 2.18. The molecule has 0 aromatic heterocycles. The van der Waals surface area contributed by atoms with Crippen LogP contribution in [0.2, 0.25) is 0 Å². The molecule has 1 N–H and O–H groups in total. The summed E-state index contributed by atoms with van der Waals surface area (Å²) in [6.45, 7) is 3.92. The van der Waals surface area contributed by atoms with Crippen LogP contribution in [0.15, 0.2) is 24.3 Å². The van der Waals surface area contributed by atoms with Crippen molar-refractivity contribution in [2.75, 3.05) is 6.61 Å². The molecule has 19 heavy (non-hydrogen) atoms. The third-order valence-corrected chi connectivity index (χ3v) is 3.85. The standard InChI is InChI=1S/C17H27NO/c1-2-13-19-17-11-9-15(10-12-17)14-18-16-7-5-3-4-6-8-16/h9-12,16,18H,2-8,13-14H2,1H3. The van der Waals surface area contributed by atoms with Crippen molar-refractivity contribution in [2.45, 2.75) is 64.5 Å². The molecule has 0 aliphatic heterocycles. The van der Waals surface area contributed by atoms with Crippen molar-refractivity contribution in [1.82, 2.24) is 5.32 Å². The lowest BCUT2D eigenvalue weighted by Crippen LogP contribution is -2.27. The number of hydrogen-bond acceptors (Lipinski definition) is 2. The molecule has 0 saturated heterocycles. The molecule has 0 spiro atoms. The summed E-state index contributed by atoms with van der Waals surface area (Å²) in [7, 11) is 0. The van der Waals surface area contributed by atoms with Gasteiger partial charge in [-0.05, 0) is 37.0 Å². The van der Waals surface area contributed by atoms with Gasteiger partial charge >= 0.3 is 0 Å². The predicted octanol–water partition coefficient (Wildman–Crippen LogP) is 4.29. The van der Waals surface area contributed by atoms with Gasteiger partial charge in [-0.1, -0.05) is 44.7 Å². The Bertz CT molecular complexity index is 339. The van der Waals surface area contributed by atoms with Gasteiger partial charge in [-0.25, -0.2) is 0 Å². The summed E-state index contributed by atoms with van der Waals surface area (Å²) in [4.78, 5) is 0. The fourth-order valence-corrected chi connectivity index (χ4v) is 2.67. The van der Waals surface area contributed by atoms with Crippen LogP contribution in [0.1, 0.15) is 57.4 Å². The molecule has 0 atom stereocenters. The number of ether oxygens (including phenoxy) is 1. The molecule has 1 fully saturated rings. The van der Waals surface area contributed by atoms with Crippen LogP contribution >= 0.6 is 0 Å². The summed E-state index contributed by atoms with van der Waals surface area (Å²) in [5, 5.41) is 3.70. The zero-order valence-corrected chi connectivity index (χ0v) is 12.2. The molecule has 2 heteroatoms. The van der Waals surface area contributed by atoms with Gasteiger partial charge in [0.2, 0.25) is 0 Å². The highest BCUT2D eigenvalue weighted by Gasteiger charge is 2.11. The largest absolute Gasteiger partial charge is 0.494 e. The molecule has 2 nitrogen and oxygen atoms in total. The lowest BCUT2D eigenvalue weighted by Gasteiger charge is -2.16. The highest BCUT2D eigenvalue weighted by molar-refractivity contribution is 5.27. The highest BCUT2D eigenvalue weighted by atomic mass is 16.5. The van der Waals surface area contributed by atoms with E-state index >= 15 is 0 Å². The molecule has 0 amide bonds. The maximum Gasteiger partial charge on any atom is 0.119 e. The average Bonchev–Trinajstić information content (AvgIpc) is 2.72. The van der Waals surface area contributed by atoms with E-state index < -0.39 is 0 Å². The molecule has 0 bridgehead atoms. The van der Waals surface area contributed by atoms with Gasteiger partial charge < -0.3 is 10.1 Å². The molecule has 1 aliphatic rings. The normalized spacial score (nSPS) is 17.1. The van der Waals surface area contributed by atoms with Gasteiger partial charge in [-0.2, -0.15) is 0 Å². The fourth-order valence-electron chi connectivity index (χ4n) is 2.67. The lowest BCUT2D eigenvalue weighted by molar-refractivity contribution is 0.317. The monoisotopic (exact) mass is 261 g/mol. The first-order valence-corrected chi connectivity index (χ1v) is 7.83. The zero-order valence-electron chi connectivity index (χ0n) is 12.2. The van der Waals surface area contributed by atoms with E-state index in [1.807, 2.05) is 0 Å². The number of nitrogens with one attached hydrogen (secondary N) is 1. The number of benzene rings is 1. The Balaban J connectivity index is 1.75. The molecule has 1 aromatic rings. The quantitative estimate of drug-likeness (QED) is 0.771. The van der Waals surface area contributed by atoms with Gasteiger partial charge in [0.05, 0.1) is 6.61 Å². The van der Waals surface area contributed by atoms with Gasteiger partial charge in [0.15, 0.2) is 0 Å². The Morgan fingerprint density at radius 2 is 1.74 bits per heavy atom. The third-order valence-electron chi connectivity index (χ3n) is 3.85. The van der Waals surface area contributed by atoms with Crippen LogP contribution in [0.25, 0.3) is 0 Å². The molecular formula is C17H27NO. The molecule has 1 saturated carbocycles. The minimum atomic E-state index is 0.721. The van der Waals surface area contributed by atoms with Crippen LogP contribution in [0.3, 0.4) is 0 Å². The van der Waals surface area contributed by atoms with Crippen molar-refractivity contribution in [3.05, 3.63) is 29.8 Å². The predicted molar refractivity (Wildman–Crippen MR) is 80.6 cm³/mol. The zero-order chi connectivity index (χ0) is 13.3. The summed E-state index contributed by atoms with van der Waals surface area (Å²) >= 11 is 0. The smallest absolute Gasteiger partial charge is 0.119 e. The van der Waals surface area contributed by atoms with Gasteiger partial charge in [0.25, 0.3) is 0 Å². The summed E-state index contributed by atoms with van der Waals surface area (Å²) in [6, 6.07) is 9.24. The molecular weight excluding hydrogens is 234 g/mol. The van der Waals surface area contributed by atoms with Gasteiger partial charge in [-0.3, -0.25) is 0 Å². The molecule has 2 rings (SSSR count). The Morgan fingerprint density at radius 3 is 2.37 bits per heavy atom. The van der Waals surface area contributed by atoms with E-state index in [2.05, 4.69) is 36.5 Å². The summed E-state index contributed by atoms with van der Waals surface area (Å²) in [5.74, 6) is 0.986. The maximum atomic E-state index is 5.60. The van der Waals surface area contributed by atoms with Crippen LogP contribution in [0, 0.1) is 0 Å². The van der Waals surface area contributed by atoms with E-state index in [1.165, 1.54) is 44.1 Å². The molecule has 1 aliphatic carbocycles. The Kier molecular flexibility index (Phi) is 6.22. The van der Waals surface area contributed by atoms with E-state index in [0.717, 1.165) is 31.4 Å². The van der Waals surface area contributed by atoms with Crippen LogP contribution in [0.4, 0.5) is 0 Å². The van der Waals surface area contributed by atoms with Crippen molar-refractivity contribution in [3.63, 3.8) is 0 Å². The molecule has 0 heterocycles. The molecule has 0 radical (unpaired) electrons. The van der Waals surface area contributed by atoms with E-state index in [1.54, 1.807) is 0 Å². The van der Waals surface area contributed by atoms with Gasteiger partial charge in [0.1, 0.15) is 5.75 Å². The third kappa shape index (κ3) is 5.23. The van der Waals surface area contributed by atoms with Gasteiger partial charge in [0, 0.05) is 12.6 Å². The number of rotatable bonds is 6. The lowest BCUT2D eigenvalue weighted by atomic mass is 10.1. The molecule has 0 unspecified atom stereocenters. The van der Waals surface area contributed by atoms with Crippen LogP contribution in [0.5, 0.6) is 5.75 Å². The first kappa shape index (κ1) is 14.4. The van der Waals surface area contributed by atoms with Crippen LogP contribution in [-0.2, 0) is 6.54 Å². The summed E-state index contributed by atoms with van der Waals surface area (Å²) in [6.07, 6.45) is 9.37. The van der Waals surface area contributed by atoms with E-state index in [9.17, 15) is 0 Å². The average molecular weight is 261 g/mol. The SMILES string of the molecule is CCCOc1ccc(CNC2CCCCCC2)cc1. The Labute approximate surface area is 117 Å².